The number of H-pyrrole nitrogens is 1. The summed E-state index contributed by atoms with van der Waals surface area (Å²) in [6.07, 6.45) is 5.28. The van der Waals surface area contributed by atoms with Gasteiger partial charge in [0.05, 0.1) is 0 Å². The molecule has 7 heteroatoms. The Hall–Kier alpha value is -2.13. The fourth-order valence-electron chi connectivity index (χ4n) is 4.33. The zero-order valence-corrected chi connectivity index (χ0v) is 20.9. The molecule has 0 amide bonds. The van der Waals surface area contributed by atoms with Crippen LogP contribution >= 0.6 is 24.0 Å². The molecule has 1 saturated heterocycles. The molecule has 0 saturated carbocycles. The molecule has 0 radical (unpaired) electrons. The number of halogens is 2. The summed E-state index contributed by atoms with van der Waals surface area (Å²) in [6, 6.07) is 15.5. The number of guanidine groups is 1. The summed E-state index contributed by atoms with van der Waals surface area (Å²) >= 11 is 0. The largest absolute Gasteiger partial charge is 0.361 e. The van der Waals surface area contributed by atoms with Crippen molar-refractivity contribution in [2.45, 2.75) is 25.8 Å². The lowest BCUT2D eigenvalue weighted by Crippen LogP contribution is -2.43. The van der Waals surface area contributed by atoms with E-state index in [1.807, 2.05) is 19.2 Å². The number of hydrogen-bond donors (Lipinski definition) is 3. The van der Waals surface area contributed by atoms with Crippen LogP contribution in [0.4, 0.5) is 4.39 Å². The maximum Gasteiger partial charge on any atom is 0.190 e. The molecule has 0 spiro atoms. The van der Waals surface area contributed by atoms with Crippen LogP contribution in [0.25, 0.3) is 10.9 Å². The first-order valence-corrected chi connectivity index (χ1v) is 11.2. The van der Waals surface area contributed by atoms with E-state index in [1.54, 1.807) is 12.1 Å². The Morgan fingerprint density at radius 1 is 1.06 bits per heavy atom. The number of likely N-dealkylation sites (tertiary alicyclic amines) is 1. The normalized spacial score (nSPS) is 15.5. The van der Waals surface area contributed by atoms with Gasteiger partial charge in [0.25, 0.3) is 0 Å². The highest BCUT2D eigenvalue weighted by molar-refractivity contribution is 14.0. The molecule has 1 aliphatic rings. The lowest BCUT2D eigenvalue weighted by molar-refractivity contribution is 0.176. The molecular formula is C25H33FIN5. The second kappa shape index (κ2) is 12.2. The Bertz CT molecular complexity index is 1010. The van der Waals surface area contributed by atoms with E-state index in [1.165, 1.54) is 16.5 Å². The summed E-state index contributed by atoms with van der Waals surface area (Å²) in [5, 5.41) is 8.20. The third-order valence-corrected chi connectivity index (χ3v) is 6.20. The second-order valence-corrected chi connectivity index (χ2v) is 8.30. The number of aromatic nitrogens is 1. The number of para-hydroxylation sites is 1. The van der Waals surface area contributed by atoms with Crippen LogP contribution in [0.1, 0.15) is 24.0 Å². The summed E-state index contributed by atoms with van der Waals surface area (Å²) in [4.78, 5) is 10.1. The molecule has 32 heavy (non-hydrogen) atoms. The first kappa shape index (κ1) is 24.5. The molecule has 1 fully saturated rings. The van der Waals surface area contributed by atoms with Crippen LogP contribution in [0.15, 0.2) is 59.7 Å². The van der Waals surface area contributed by atoms with Crippen LogP contribution in [-0.2, 0) is 13.0 Å². The third kappa shape index (κ3) is 6.45. The van der Waals surface area contributed by atoms with E-state index >= 15 is 0 Å². The molecule has 0 bridgehead atoms. The molecule has 0 aliphatic carbocycles. The highest BCUT2D eigenvalue weighted by Gasteiger charge is 2.20. The Balaban J connectivity index is 0.00000289. The SMILES string of the molecule is CN=C(NCCc1c[nH]c2ccccc12)NCC1CCN(Cc2ccccc2F)CC1.I. The number of rotatable bonds is 7. The van der Waals surface area contributed by atoms with Crippen molar-refractivity contribution in [3.8, 4) is 0 Å². The van der Waals surface area contributed by atoms with Crippen molar-refractivity contribution < 1.29 is 4.39 Å². The quantitative estimate of drug-likeness (QED) is 0.231. The Labute approximate surface area is 206 Å². The van der Waals surface area contributed by atoms with Gasteiger partial charge in [-0.05, 0) is 56.0 Å². The predicted molar refractivity (Wildman–Crippen MR) is 141 cm³/mol. The molecule has 3 aromatic rings. The van der Waals surface area contributed by atoms with Gasteiger partial charge in [-0.3, -0.25) is 9.89 Å². The van der Waals surface area contributed by atoms with Gasteiger partial charge in [0.2, 0.25) is 0 Å². The Morgan fingerprint density at radius 2 is 1.81 bits per heavy atom. The number of aliphatic imine (C=N–C) groups is 1. The van der Waals surface area contributed by atoms with Crippen LogP contribution < -0.4 is 10.6 Å². The smallest absolute Gasteiger partial charge is 0.190 e. The van der Waals surface area contributed by atoms with Gasteiger partial charge in [0.1, 0.15) is 5.82 Å². The Morgan fingerprint density at radius 3 is 2.59 bits per heavy atom. The standard InChI is InChI=1S/C25H32FN5.HI/c1-27-25(28-13-10-20-17-29-24-9-5-3-7-22(20)24)30-16-19-11-14-31(15-12-19)18-21-6-2-4-8-23(21)26;/h2-9,17,19,29H,10-16,18H2,1H3,(H2,27,28,30);1H. The van der Waals surface area contributed by atoms with Crippen molar-refractivity contribution in [1.29, 1.82) is 0 Å². The van der Waals surface area contributed by atoms with Gasteiger partial charge in [0, 0.05) is 49.3 Å². The number of aromatic amines is 1. The van der Waals surface area contributed by atoms with E-state index in [0.717, 1.165) is 57.0 Å². The molecule has 3 N–H and O–H groups in total. The zero-order chi connectivity index (χ0) is 21.5. The number of nitrogens with one attached hydrogen (secondary N) is 3. The van der Waals surface area contributed by atoms with Crippen molar-refractivity contribution in [3.05, 3.63) is 71.7 Å². The number of piperidine rings is 1. The van der Waals surface area contributed by atoms with Gasteiger partial charge in [-0.25, -0.2) is 4.39 Å². The highest BCUT2D eigenvalue weighted by Crippen LogP contribution is 2.20. The van der Waals surface area contributed by atoms with Crippen molar-refractivity contribution in [3.63, 3.8) is 0 Å². The maximum atomic E-state index is 13.9. The topological polar surface area (TPSA) is 55.5 Å². The van der Waals surface area contributed by atoms with Crippen molar-refractivity contribution in [1.82, 2.24) is 20.5 Å². The highest BCUT2D eigenvalue weighted by atomic mass is 127. The third-order valence-electron chi connectivity index (χ3n) is 6.20. The average Bonchev–Trinajstić information content (AvgIpc) is 3.22. The van der Waals surface area contributed by atoms with E-state index in [4.69, 9.17) is 0 Å². The van der Waals surface area contributed by atoms with Gasteiger partial charge in [0.15, 0.2) is 5.96 Å². The van der Waals surface area contributed by atoms with E-state index in [2.05, 4.69) is 56.0 Å². The van der Waals surface area contributed by atoms with Crippen LogP contribution in [0.2, 0.25) is 0 Å². The van der Waals surface area contributed by atoms with E-state index < -0.39 is 0 Å². The van der Waals surface area contributed by atoms with Crippen molar-refractivity contribution in [2.75, 3.05) is 33.2 Å². The lowest BCUT2D eigenvalue weighted by Gasteiger charge is -2.32. The van der Waals surface area contributed by atoms with Crippen LogP contribution in [-0.4, -0.2) is 49.1 Å². The van der Waals surface area contributed by atoms with Crippen LogP contribution in [0.3, 0.4) is 0 Å². The summed E-state index contributed by atoms with van der Waals surface area (Å²) in [5.74, 6) is 1.37. The van der Waals surface area contributed by atoms with E-state index in [0.29, 0.717) is 12.5 Å². The monoisotopic (exact) mass is 549 g/mol. The molecule has 2 heterocycles. The summed E-state index contributed by atoms with van der Waals surface area (Å²) in [7, 11) is 1.82. The molecule has 4 rings (SSSR count). The molecule has 5 nitrogen and oxygen atoms in total. The average molecular weight is 549 g/mol. The maximum absolute atomic E-state index is 13.9. The minimum absolute atomic E-state index is 0. The van der Waals surface area contributed by atoms with Gasteiger partial charge in [-0.2, -0.15) is 0 Å². The van der Waals surface area contributed by atoms with Gasteiger partial charge >= 0.3 is 0 Å². The summed E-state index contributed by atoms with van der Waals surface area (Å²) in [6.45, 7) is 4.47. The number of fused-ring (bicyclic) bond motifs is 1. The summed E-state index contributed by atoms with van der Waals surface area (Å²) < 4.78 is 13.9. The van der Waals surface area contributed by atoms with Crippen LogP contribution in [0.5, 0.6) is 0 Å². The zero-order valence-electron chi connectivity index (χ0n) is 18.6. The molecule has 0 atom stereocenters. The molecule has 1 aromatic heterocycles. The second-order valence-electron chi connectivity index (χ2n) is 8.30. The van der Waals surface area contributed by atoms with E-state index in [9.17, 15) is 4.39 Å². The van der Waals surface area contributed by atoms with Gasteiger partial charge in [-0.15, -0.1) is 24.0 Å². The molecule has 2 aromatic carbocycles. The minimum Gasteiger partial charge on any atom is -0.361 e. The number of nitrogens with zero attached hydrogens (tertiary/aromatic N) is 2. The molecule has 0 unspecified atom stereocenters. The van der Waals surface area contributed by atoms with Gasteiger partial charge in [-0.1, -0.05) is 36.4 Å². The molecular weight excluding hydrogens is 516 g/mol. The van der Waals surface area contributed by atoms with Crippen LogP contribution in [0, 0.1) is 11.7 Å². The lowest BCUT2D eigenvalue weighted by atomic mass is 9.96. The summed E-state index contributed by atoms with van der Waals surface area (Å²) in [5.41, 5.74) is 3.29. The fraction of sp³-hybridized carbons (Fsp3) is 0.400. The first-order chi connectivity index (χ1) is 15.2. The fourth-order valence-corrected chi connectivity index (χ4v) is 4.33. The number of hydrogen-bond acceptors (Lipinski definition) is 2. The number of benzene rings is 2. The Kier molecular flexibility index (Phi) is 9.35. The minimum atomic E-state index is -0.103. The molecule has 1 aliphatic heterocycles. The first-order valence-electron chi connectivity index (χ1n) is 11.2. The van der Waals surface area contributed by atoms with Gasteiger partial charge < -0.3 is 15.6 Å². The predicted octanol–water partition coefficient (Wildman–Crippen LogP) is 4.54. The molecule has 172 valence electrons. The van der Waals surface area contributed by atoms with Crippen molar-refractivity contribution >= 4 is 40.8 Å². The van der Waals surface area contributed by atoms with E-state index in [-0.39, 0.29) is 29.8 Å². The van der Waals surface area contributed by atoms with Crippen molar-refractivity contribution in [2.24, 2.45) is 10.9 Å².